The summed E-state index contributed by atoms with van der Waals surface area (Å²) in [6.45, 7) is 10.7. The molecule has 0 bridgehead atoms. The van der Waals surface area contributed by atoms with Crippen LogP contribution in [-0.2, 0) is 4.74 Å². The molecule has 8 aromatic rings. The normalized spacial score (nSPS) is 12.7. The van der Waals surface area contributed by atoms with Gasteiger partial charge in [0, 0.05) is 72.6 Å². The number of hydrogen-bond donors (Lipinski definition) is 0. The monoisotopic (exact) mass is 818 g/mol. The minimum Gasteiger partial charge on any atom is -0.386 e. The molecular formula is C46H40F2N10O3. The number of nitrogens with zero attached hydrogens (tertiary/aromatic N) is 10. The van der Waals surface area contributed by atoms with Crippen LogP contribution in [0.3, 0.4) is 0 Å². The molecule has 306 valence electrons. The lowest BCUT2D eigenvalue weighted by molar-refractivity contribution is 0.0397. The molecule has 0 aliphatic carbocycles. The van der Waals surface area contributed by atoms with Gasteiger partial charge in [-0.15, -0.1) is 0 Å². The lowest BCUT2D eigenvalue weighted by atomic mass is 9.98. The highest BCUT2D eigenvalue weighted by Gasteiger charge is 2.25. The molecule has 0 N–H and O–H groups in total. The summed E-state index contributed by atoms with van der Waals surface area (Å²) >= 11 is 0. The number of benzene rings is 4. The maximum atomic E-state index is 15.7. The molecule has 4 aromatic heterocycles. The molecule has 9 rings (SSSR count). The summed E-state index contributed by atoms with van der Waals surface area (Å²) in [7, 11) is 0. The quantitative estimate of drug-likeness (QED) is 0.0969. The van der Waals surface area contributed by atoms with Gasteiger partial charge in [0.05, 0.1) is 34.6 Å². The number of fused-ring (bicyclic) bond motifs is 2. The molecule has 1 aliphatic rings. The van der Waals surface area contributed by atoms with Crippen LogP contribution in [0.2, 0.25) is 0 Å². The average Bonchev–Trinajstić information content (AvgIpc) is 4.08. The molecule has 4 aromatic carbocycles. The van der Waals surface area contributed by atoms with Crippen LogP contribution in [0.4, 0.5) is 20.4 Å². The van der Waals surface area contributed by atoms with Gasteiger partial charge in [-0.05, 0) is 74.9 Å². The number of anilines is 2. The van der Waals surface area contributed by atoms with E-state index in [1.54, 1.807) is 12.1 Å². The summed E-state index contributed by atoms with van der Waals surface area (Å²) < 4.78 is 39.2. The number of halogens is 2. The van der Waals surface area contributed by atoms with E-state index in [2.05, 4.69) is 25.1 Å². The second-order valence-corrected chi connectivity index (χ2v) is 14.9. The molecule has 5 heterocycles. The number of rotatable bonds is 10. The van der Waals surface area contributed by atoms with E-state index in [0.29, 0.717) is 57.7 Å². The smallest absolute Gasteiger partial charge is 0.349 e. The van der Waals surface area contributed by atoms with Crippen LogP contribution in [0.5, 0.6) is 0 Å². The second kappa shape index (κ2) is 16.0. The van der Waals surface area contributed by atoms with E-state index in [4.69, 9.17) is 14.7 Å². The van der Waals surface area contributed by atoms with E-state index in [1.807, 2.05) is 81.1 Å². The maximum absolute atomic E-state index is 15.7. The number of aromatic nitrogens is 8. The van der Waals surface area contributed by atoms with Gasteiger partial charge in [-0.1, -0.05) is 48.5 Å². The number of esters is 2. The lowest BCUT2D eigenvalue weighted by Gasteiger charge is -2.22. The van der Waals surface area contributed by atoms with Gasteiger partial charge in [0.25, 0.3) is 11.9 Å². The van der Waals surface area contributed by atoms with Gasteiger partial charge in [-0.25, -0.2) is 37.7 Å². The first-order valence-corrected chi connectivity index (χ1v) is 20.1. The Morgan fingerprint density at radius 1 is 0.656 bits per heavy atom. The molecule has 0 atom stereocenters. The first-order chi connectivity index (χ1) is 29.6. The van der Waals surface area contributed by atoms with Gasteiger partial charge in [0.1, 0.15) is 23.3 Å². The molecule has 0 saturated carbocycles. The Hall–Kier alpha value is -7.42. The molecule has 0 unspecified atom stereocenters. The topological polar surface area (TPSA) is 137 Å². The zero-order chi connectivity index (χ0) is 42.4. The molecule has 0 radical (unpaired) electrons. The zero-order valence-electron chi connectivity index (χ0n) is 33.9. The van der Waals surface area contributed by atoms with E-state index in [1.165, 1.54) is 46.3 Å². The summed E-state index contributed by atoms with van der Waals surface area (Å²) in [6.07, 6.45) is 7.15. The fourth-order valence-corrected chi connectivity index (χ4v) is 7.82. The third-order valence-corrected chi connectivity index (χ3v) is 11.1. The average molecular weight is 819 g/mol. The highest BCUT2D eigenvalue weighted by molar-refractivity contribution is 6.02. The Labute approximate surface area is 349 Å². The van der Waals surface area contributed by atoms with Crippen molar-refractivity contribution in [3.63, 3.8) is 0 Å². The molecule has 61 heavy (non-hydrogen) atoms. The number of hydrogen-bond acceptors (Lipinski definition) is 11. The number of ether oxygens (including phenoxy) is 1. The molecule has 15 heteroatoms. The Morgan fingerprint density at radius 3 is 1.67 bits per heavy atom. The van der Waals surface area contributed by atoms with E-state index < -0.39 is 23.6 Å². The van der Waals surface area contributed by atoms with Gasteiger partial charge in [-0.3, -0.25) is 0 Å². The van der Waals surface area contributed by atoms with Crippen molar-refractivity contribution in [3.05, 3.63) is 131 Å². The standard InChI is InChI=1S/C46H40F2N10O3/c1-5-55(6-2)41-35-19-33(31-15-9-7-13-27(31)3)37(47)21-39(35)51-45(53-41)57-25-29(23-49-57)43(59)61-44(60)30-24-50-58(26-30)46-52-40-22-38(48)34(32-16-10-8-14-28(32)4)20-36(40)42(54-46)56-17-11-12-18-56/h7-10,13-16,19-26H,5-6,11-12,17-18H2,1-4H3. The molecule has 0 spiro atoms. The van der Waals surface area contributed by atoms with Gasteiger partial charge in [0.2, 0.25) is 0 Å². The Kier molecular flexibility index (Phi) is 10.2. The molecule has 1 fully saturated rings. The van der Waals surface area contributed by atoms with Crippen molar-refractivity contribution < 1.29 is 23.1 Å². The Bertz CT molecular complexity index is 2820. The van der Waals surface area contributed by atoms with Crippen molar-refractivity contribution in [1.29, 1.82) is 0 Å². The van der Waals surface area contributed by atoms with Gasteiger partial charge in [0.15, 0.2) is 0 Å². The van der Waals surface area contributed by atoms with E-state index in [0.717, 1.165) is 48.2 Å². The number of aryl methyl sites for hydroxylation is 2. The summed E-state index contributed by atoms with van der Waals surface area (Å²) in [5.41, 5.74) is 4.98. The van der Waals surface area contributed by atoms with Crippen molar-refractivity contribution in [2.45, 2.75) is 40.5 Å². The largest absolute Gasteiger partial charge is 0.386 e. The molecule has 1 aliphatic heterocycles. The van der Waals surface area contributed by atoms with Crippen LogP contribution in [0.25, 0.3) is 56.0 Å². The summed E-state index contributed by atoms with van der Waals surface area (Å²) in [5, 5.41) is 9.95. The minimum absolute atomic E-state index is 0.0398. The van der Waals surface area contributed by atoms with Crippen molar-refractivity contribution in [2.24, 2.45) is 0 Å². The summed E-state index contributed by atoms with van der Waals surface area (Å²) in [6, 6.07) is 21.5. The summed E-state index contributed by atoms with van der Waals surface area (Å²) in [4.78, 5) is 49.7. The van der Waals surface area contributed by atoms with Crippen molar-refractivity contribution in [2.75, 3.05) is 36.0 Å². The lowest BCUT2D eigenvalue weighted by Crippen LogP contribution is -2.24. The number of carbonyl (C=O) groups is 2. The molecule has 0 amide bonds. The van der Waals surface area contributed by atoms with Crippen LogP contribution in [0.15, 0.2) is 97.6 Å². The van der Waals surface area contributed by atoms with Crippen LogP contribution in [-0.4, -0.2) is 77.6 Å². The first kappa shape index (κ1) is 39.1. The molecule has 1 saturated heterocycles. The van der Waals surface area contributed by atoms with Crippen molar-refractivity contribution >= 4 is 45.4 Å². The van der Waals surface area contributed by atoms with Crippen LogP contribution in [0.1, 0.15) is 58.5 Å². The van der Waals surface area contributed by atoms with Crippen LogP contribution in [0, 0.1) is 25.5 Å². The van der Waals surface area contributed by atoms with Crippen molar-refractivity contribution in [1.82, 2.24) is 39.5 Å². The number of carbonyl (C=O) groups excluding carboxylic acids is 2. The Balaban J connectivity index is 0.982. The van der Waals surface area contributed by atoms with Crippen LogP contribution >= 0.6 is 0 Å². The third kappa shape index (κ3) is 7.32. The predicted molar refractivity (Wildman–Crippen MR) is 228 cm³/mol. The second-order valence-electron chi connectivity index (χ2n) is 14.9. The van der Waals surface area contributed by atoms with Gasteiger partial charge < -0.3 is 14.5 Å². The Morgan fingerprint density at radius 2 is 1.15 bits per heavy atom. The van der Waals surface area contributed by atoms with Crippen molar-refractivity contribution in [3.8, 4) is 34.2 Å². The fraction of sp³-hybridized carbons (Fsp3) is 0.217. The van der Waals surface area contributed by atoms with Crippen LogP contribution < -0.4 is 9.80 Å². The summed E-state index contributed by atoms with van der Waals surface area (Å²) in [5.74, 6) is -1.38. The van der Waals surface area contributed by atoms with Gasteiger partial charge >= 0.3 is 11.9 Å². The SMILES string of the molecule is CCN(CC)c1nc(-n2cc(C(=O)OC(=O)c3cnn(-c4nc(N5CCCC5)c5cc(-c6ccccc6C)c(F)cc5n4)c3)cn2)nc2cc(F)c(-c3ccccc3C)cc12. The van der Waals surface area contributed by atoms with E-state index >= 15 is 8.78 Å². The highest BCUT2D eigenvalue weighted by atomic mass is 19.1. The minimum atomic E-state index is -0.971. The highest BCUT2D eigenvalue weighted by Crippen LogP contribution is 2.36. The zero-order valence-corrected chi connectivity index (χ0v) is 33.9. The van der Waals surface area contributed by atoms with E-state index in [-0.39, 0.29) is 23.0 Å². The van der Waals surface area contributed by atoms with E-state index in [9.17, 15) is 9.59 Å². The first-order valence-electron chi connectivity index (χ1n) is 20.1. The third-order valence-electron chi connectivity index (χ3n) is 11.1. The predicted octanol–water partition coefficient (Wildman–Crippen LogP) is 8.62. The van der Waals surface area contributed by atoms with Gasteiger partial charge in [-0.2, -0.15) is 20.2 Å². The molecule has 13 nitrogen and oxygen atoms in total. The molecular weight excluding hydrogens is 779 g/mol. The fourth-order valence-electron chi connectivity index (χ4n) is 7.82. The maximum Gasteiger partial charge on any atom is 0.349 e.